The molecule has 112 valence electrons. The van der Waals surface area contributed by atoms with Gasteiger partial charge in [-0.1, -0.05) is 23.8 Å². The Bertz CT molecular complexity index is 655. The zero-order valence-electron chi connectivity index (χ0n) is 12.7. The predicted octanol–water partition coefficient (Wildman–Crippen LogP) is 3.51. The molecular formula is C17H20FNO2. The third-order valence-electron chi connectivity index (χ3n) is 3.61. The van der Waals surface area contributed by atoms with E-state index in [1.165, 1.54) is 20.3 Å². The number of methoxy groups -OCH3 is 2. The van der Waals surface area contributed by atoms with E-state index < -0.39 is 11.9 Å². The number of aryl methyl sites for hydroxylation is 2. The quantitative estimate of drug-likeness (QED) is 0.936. The van der Waals surface area contributed by atoms with Crippen molar-refractivity contribution in [2.75, 3.05) is 14.2 Å². The van der Waals surface area contributed by atoms with Gasteiger partial charge in [0.1, 0.15) is 5.82 Å². The van der Waals surface area contributed by atoms with Crippen molar-refractivity contribution in [1.29, 1.82) is 0 Å². The molecule has 4 heteroatoms. The van der Waals surface area contributed by atoms with E-state index >= 15 is 0 Å². The summed E-state index contributed by atoms with van der Waals surface area (Å²) in [5, 5.41) is 0. The molecule has 0 heterocycles. The maximum atomic E-state index is 14.3. The van der Waals surface area contributed by atoms with Crippen LogP contribution in [-0.2, 0) is 0 Å². The van der Waals surface area contributed by atoms with Crippen LogP contribution in [0.5, 0.6) is 11.5 Å². The highest BCUT2D eigenvalue weighted by Crippen LogP contribution is 2.34. The van der Waals surface area contributed by atoms with Crippen molar-refractivity contribution in [3.05, 3.63) is 58.4 Å². The van der Waals surface area contributed by atoms with E-state index in [0.29, 0.717) is 17.1 Å². The first kappa shape index (κ1) is 15.3. The Morgan fingerprint density at radius 3 is 2.19 bits per heavy atom. The largest absolute Gasteiger partial charge is 0.493 e. The van der Waals surface area contributed by atoms with Crippen LogP contribution in [0.25, 0.3) is 0 Å². The summed E-state index contributed by atoms with van der Waals surface area (Å²) in [6.45, 7) is 3.95. The van der Waals surface area contributed by atoms with E-state index in [2.05, 4.69) is 0 Å². The van der Waals surface area contributed by atoms with Crippen LogP contribution in [0.15, 0.2) is 30.3 Å². The molecular weight excluding hydrogens is 269 g/mol. The fourth-order valence-corrected chi connectivity index (χ4v) is 2.37. The number of hydrogen-bond donors (Lipinski definition) is 1. The fourth-order valence-electron chi connectivity index (χ4n) is 2.37. The lowest BCUT2D eigenvalue weighted by Gasteiger charge is -2.18. The SMILES string of the molecule is COc1cc(F)c(C(N)c2cc(C)ccc2C)cc1OC. The van der Waals surface area contributed by atoms with Gasteiger partial charge in [0.15, 0.2) is 11.5 Å². The van der Waals surface area contributed by atoms with Crippen molar-refractivity contribution in [2.24, 2.45) is 5.73 Å². The Morgan fingerprint density at radius 2 is 1.57 bits per heavy atom. The molecule has 0 amide bonds. The van der Waals surface area contributed by atoms with Gasteiger partial charge in [0.25, 0.3) is 0 Å². The van der Waals surface area contributed by atoms with Gasteiger partial charge in [-0.3, -0.25) is 0 Å². The monoisotopic (exact) mass is 289 g/mol. The standard InChI is InChI=1S/C17H20FNO2/c1-10-5-6-11(2)12(7-10)17(19)13-8-15(20-3)16(21-4)9-14(13)18/h5-9,17H,19H2,1-4H3. The molecule has 1 unspecified atom stereocenters. The molecule has 0 bridgehead atoms. The van der Waals surface area contributed by atoms with Crippen LogP contribution in [0.4, 0.5) is 4.39 Å². The van der Waals surface area contributed by atoms with Gasteiger partial charge in [0.2, 0.25) is 0 Å². The summed E-state index contributed by atoms with van der Waals surface area (Å²) in [4.78, 5) is 0. The van der Waals surface area contributed by atoms with Crippen molar-refractivity contribution in [3.63, 3.8) is 0 Å². The number of nitrogens with two attached hydrogens (primary N) is 1. The maximum absolute atomic E-state index is 14.3. The van der Waals surface area contributed by atoms with Crippen LogP contribution in [0.1, 0.15) is 28.3 Å². The molecule has 0 fully saturated rings. The maximum Gasteiger partial charge on any atom is 0.163 e. The third kappa shape index (κ3) is 3.00. The normalized spacial score (nSPS) is 12.1. The topological polar surface area (TPSA) is 44.5 Å². The molecule has 1 atom stereocenters. The number of hydrogen-bond acceptors (Lipinski definition) is 3. The summed E-state index contributed by atoms with van der Waals surface area (Å²) in [6.07, 6.45) is 0. The molecule has 2 N–H and O–H groups in total. The molecule has 0 aliphatic heterocycles. The van der Waals surface area contributed by atoms with Crippen molar-refractivity contribution < 1.29 is 13.9 Å². The van der Waals surface area contributed by atoms with Crippen LogP contribution < -0.4 is 15.2 Å². The van der Waals surface area contributed by atoms with E-state index in [9.17, 15) is 4.39 Å². The van der Waals surface area contributed by atoms with Crippen LogP contribution in [-0.4, -0.2) is 14.2 Å². The zero-order chi connectivity index (χ0) is 15.6. The second kappa shape index (κ2) is 6.14. The summed E-state index contributed by atoms with van der Waals surface area (Å²) in [6, 6.07) is 8.33. The van der Waals surface area contributed by atoms with Gasteiger partial charge in [-0.25, -0.2) is 4.39 Å². The molecule has 2 rings (SSSR count). The molecule has 0 spiro atoms. The summed E-state index contributed by atoms with van der Waals surface area (Å²) in [7, 11) is 2.99. The highest BCUT2D eigenvalue weighted by atomic mass is 19.1. The highest BCUT2D eigenvalue weighted by Gasteiger charge is 2.19. The van der Waals surface area contributed by atoms with E-state index in [4.69, 9.17) is 15.2 Å². The van der Waals surface area contributed by atoms with Crippen LogP contribution >= 0.6 is 0 Å². The summed E-state index contributed by atoms with van der Waals surface area (Å²) in [5.41, 5.74) is 9.68. The molecule has 0 aromatic heterocycles. The van der Waals surface area contributed by atoms with Gasteiger partial charge < -0.3 is 15.2 Å². The summed E-state index contributed by atoms with van der Waals surface area (Å²) in [5.74, 6) is 0.419. The van der Waals surface area contributed by atoms with Crippen LogP contribution in [0.3, 0.4) is 0 Å². The first-order valence-corrected chi connectivity index (χ1v) is 6.72. The molecule has 21 heavy (non-hydrogen) atoms. The van der Waals surface area contributed by atoms with E-state index in [0.717, 1.165) is 16.7 Å². The van der Waals surface area contributed by atoms with Gasteiger partial charge in [0, 0.05) is 11.6 Å². The molecule has 0 saturated heterocycles. The Balaban J connectivity index is 2.52. The Morgan fingerprint density at radius 1 is 0.952 bits per heavy atom. The average molecular weight is 289 g/mol. The number of halogens is 1. The molecule has 0 saturated carbocycles. The molecule has 2 aromatic carbocycles. The first-order chi connectivity index (χ1) is 9.97. The molecule has 0 radical (unpaired) electrons. The van der Waals surface area contributed by atoms with Crippen molar-refractivity contribution in [2.45, 2.75) is 19.9 Å². The van der Waals surface area contributed by atoms with Crippen molar-refractivity contribution in [3.8, 4) is 11.5 Å². The summed E-state index contributed by atoms with van der Waals surface area (Å²) < 4.78 is 24.6. The molecule has 2 aromatic rings. The molecule has 0 aliphatic carbocycles. The van der Waals surface area contributed by atoms with Gasteiger partial charge in [-0.05, 0) is 31.0 Å². The number of benzene rings is 2. The zero-order valence-corrected chi connectivity index (χ0v) is 12.7. The lowest BCUT2D eigenvalue weighted by Crippen LogP contribution is -2.15. The highest BCUT2D eigenvalue weighted by molar-refractivity contribution is 5.48. The minimum Gasteiger partial charge on any atom is -0.493 e. The van der Waals surface area contributed by atoms with Crippen LogP contribution in [0.2, 0.25) is 0 Å². The average Bonchev–Trinajstić information content (AvgIpc) is 2.48. The molecule has 3 nitrogen and oxygen atoms in total. The van der Waals surface area contributed by atoms with Crippen molar-refractivity contribution >= 4 is 0 Å². The van der Waals surface area contributed by atoms with E-state index in [1.54, 1.807) is 6.07 Å². The lowest BCUT2D eigenvalue weighted by molar-refractivity contribution is 0.351. The smallest absolute Gasteiger partial charge is 0.163 e. The first-order valence-electron chi connectivity index (χ1n) is 6.72. The third-order valence-corrected chi connectivity index (χ3v) is 3.61. The Labute approximate surface area is 124 Å². The second-order valence-electron chi connectivity index (χ2n) is 5.07. The van der Waals surface area contributed by atoms with Gasteiger partial charge in [0.05, 0.1) is 20.3 Å². The van der Waals surface area contributed by atoms with Crippen LogP contribution in [0, 0.1) is 19.7 Å². The Kier molecular flexibility index (Phi) is 4.48. The minimum absolute atomic E-state index is 0.354. The second-order valence-corrected chi connectivity index (χ2v) is 5.07. The fraction of sp³-hybridized carbons (Fsp3) is 0.294. The number of rotatable bonds is 4. The lowest BCUT2D eigenvalue weighted by atomic mass is 9.93. The van der Waals surface area contributed by atoms with E-state index in [1.807, 2.05) is 32.0 Å². The summed E-state index contributed by atoms with van der Waals surface area (Å²) >= 11 is 0. The van der Waals surface area contributed by atoms with E-state index in [-0.39, 0.29) is 0 Å². The number of ether oxygens (including phenoxy) is 2. The van der Waals surface area contributed by atoms with Gasteiger partial charge in [-0.2, -0.15) is 0 Å². The minimum atomic E-state index is -0.551. The Hall–Kier alpha value is -2.07. The molecule has 0 aliphatic rings. The van der Waals surface area contributed by atoms with Gasteiger partial charge in [-0.15, -0.1) is 0 Å². The van der Waals surface area contributed by atoms with Gasteiger partial charge >= 0.3 is 0 Å². The van der Waals surface area contributed by atoms with Crippen molar-refractivity contribution in [1.82, 2.24) is 0 Å². The predicted molar refractivity (Wildman–Crippen MR) is 81.5 cm³/mol.